The predicted octanol–water partition coefficient (Wildman–Crippen LogP) is 0.801. The molecule has 0 amide bonds. The van der Waals surface area contributed by atoms with Gasteiger partial charge in [-0.2, -0.15) is 0 Å². The maximum atomic E-state index is 12.2. The van der Waals surface area contributed by atoms with E-state index >= 15 is 0 Å². The van der Waals surface area contributed by atoms with Crippen LogP contribution in [0.15, 0.2) is 24.3 Å². The van der Waals surface area contributed by atoms with Gasteiger partial charge in [-0.1, -0.05) is 12.1 Å². The molecule has 0 spiro atoms. The number of benzene rings is 1. The minimum atomic E-state index is -3.30. The van der Waals surface area contributed by atoms with Crippen LogP contribution >= 0.6 is 0 Å². The van der Waals surface area contributed by atoms with Gasteiger partial charge in [0.1, 0.15) is 0 Å². The number of sulfonamides is 1. The SMILES string of the molecule is CN(CC1CC(O)C1)S(=O)(=O)Cc1ccc(N)cc1. The van der Waals surface area contributed by atoms with Crippen LogP contribution in [-0.2, 0) is 15.8 Å². The Morgan fingerprint density at radius 2 is 1.89 bits per heavy atom. The molecule has 0 atom stereocenters. The summed E-state index contributed by atoms with van der Waals surface area (Å²) in [5, 5.41) is 9.22. The average molecular weight is 284 g/mol. The number of hydrogen-bond acceptors (Lipinski definition) is 4. The minimum absolute atomic E-state index is 0.0148. The Kier molecular flexibility index (Phi) is 4.13. The minimum Gasteiger partial charge on any atom is -0.399 e. The number of rotatable bonds is 5. The van der Waals surface area contributed by atoms with Crippen molar-refractivity contribution >= 4 is 15.7 Å². The first-order chi connectivity index (χ1) is 8.87. The van der Waals surface area contributed by atoms with Crippen LogP contribution in [0.5, 0.6) is 0 Å². The number of nitrogen functional groups attached to an aromatic ring is 1. The van der Waals surface area contributed by atoms with Crippen molar-refractivity contribution in [1.82, 2.24) is 4.31 Å². The monoisotopic (exact) mass is 284 g/mol. The highest BCUT2D eigenvalue weighted by Gasteiger charge is 2.31. The third kappa shape index (κ3) is 3.68. The summed E-state index contributed by atoms with van der Waals surface area (Å²) in [5.74, 6) is 0.264. The van der Waals surface area contributed by atoms with Crippen LogP contribution in [0.25, 0.3) is 0 Å². The summed E-state index contributed by atoms with van der Waals surface area (Å²) < 4.78 is 25.7. The fourth-order valence-corrected chi connectivity index (χ4v) is 3.53. The fraction of sp³-hybridized carbons (Fsp3) is 0.538. The van der Waals surface area contributed by atoms with E-state index in [0.717, 1.165) is 5.56 Å². The van der Waals surface area contributed by atoms with Gasteiger partial charge < -0.3 is 10.8 Å². The van der Waals surface area contributed by atoms with Gasteiger partial charge in [-0.25, -0.2) is 12.7 Å². The summed E-state index contributed by atoms with van der Waals surface area (Å²) in [5.41, 5.74) is 6.93. The summed E-state index contributed by atoms with van der Waals surface area (Å²) in [6, 6.07) is 6.86. The Morgan fingerprint density at radius 1 is 1.32 bits per heavy atom. The molecule has 0 saturated heterocycles. The predicted molar refractivity (Wildman–Crippen MR) is 74.8 cm³/mol. The molecule has 0 bridgehead atoms. The smallest absolute Gasteiger partial charge is 0.218 e. The summed E-state index contributed by atoms with van der Waals surface area (Å²) in [7, 11) is -1.71. The number of aliphatic hydroxyl groups excluding tert-OH is 1. The lowest BCUT2D eigenvalue weighted by Crippen LogP contribution is -2.39. The Hall–Kier alpha value is -1.11. The van der Waals surface area contributed by atoms with Crippen molar-refractivity contribution in [3.63, 3.8) is 0 Å². The standard InChI is InChI=1S/C13H20N2O3S/c1-15(8-11-6-13(16)7-11)19(17,18)9-10-2-4-12(14)5-3-10/h2-5,11,13,16H,6-9,14H2,1H3. The molecule has 0 heterocycles. The van der Waals surface area contributed by atoms with Gasteiger partial charge in [0, 0.05) is 19.3 Å². The van der Waals surface area contributed by atoms with Crippen molar-refractivity contribution in [1.29, 1.82) is 0 Å². The summed E-state index contributed by atoms with van der Waals surface area (Å²) in [6.07, 6.45) is 1.14. The summed E-state index contributed by atoms with van der Waals surface area (Å²) in [6.45, 7) is 0.481. The highest BCUT2D eigenvalue weighted by atomic mass is 32.2. The lowest BCUT2D eigenvalue weighted by atomic mass is 9.82. The third-order valence-corrected chi connectivity index (χ3v) is 5.33. The lowest BCUT2D eigenvalue weighted by Gasteiger charge is -2.34. The van der Waals surface area contributed by atoms with Gasteiger partial charge >= 0.3 is 0 Å². The number of aliphatic hydroxyl groups is 1. The van der Waals surface area contributed by atoms with Crippen molar-refractivity contribution in [2.24, 2.45) is 5.92 Å². The molecule has 0 aliphatic heterocycles. The highest BCUT2D eigenvalue weighted by Crippen LogP contribution is 2.28. The quantitative estimate of drug-likeness (QED) is 0.783. The van der Waals surface area contributed by atoms with E-state index in [1.165, 1.54) is 4.31 Å². The van der Waals surface area contributed by atoms with Crippen molar-refractivity contribution in [3.05, 3.63) is 29.8 Å². The maximum Gasteiger partial charge on any atom is 0.218 e. The molecule has 1 fully saturated rings. The first-order valence-electron chi connectivity index (χ1n) is 6.33. The Balaban J connectivity index is 1.95. The van der Waals surface area contributed by atoms with Crippen LogP contribution in [0.4, 0.5) is 5.69 Å². The number of hydrogen-bond donors (Lipinski definition) is 2. The van der Waals surface area contributed by atoms with Gasteiger partial charge in [-0.3, -0.25) is 0 Å². The molecular weight excluding hydrogens is 264 g/mol. The lowest BCUT2D eigenvalue weighted by molar-refractivity contribution is 0.0367. The fourth-order valence-electron chi connectivity index (χ4n) is 2.26. The molecule has 3 N–H and O–H groups in total. The van der Waals surface area contributed by atoms with Crippen LogP contribution in [-0.4, -0.2) is 37.5 Å². The zero-order valence-corrected chi connectivity index (χ0v) is 11.8. The molecular formula is C13H20N2O3S. The molecule has 5 nitrogen and oxygen atoms in total. The Bertz CT molecular complexity index is 521. The second kappa shape index (κ2) is 5.48. The van der Waals surface area contributed by atoms with Gasteiger partial charge in [0.25, 0.3) is 0 Å². The van der Waals surface area contributed by atoms with E-state index in [9.17, 15) is 13.5 Å². The Morgan fingerprint density at radius 3 is 2.42 bits per heavy atom. The topological polar surface area (TPSA) is 83.6 Å². The highest BCUT2D eigenvalue weighted by molar-refractivity contribution is 7.88. The van der Waals surface area contributed by atoms with Crippen molar-refractivity contribution < 1.29 is 13.5 Å². The van der Waals surface area contributed by atoms with E-state index in [2.05, 4.69) is 0 Å². The maximum absolute atomic E-state index is 12.2. The molecule has 0 unspecified atom stereocenters. The average Bonchev–Trinajstić information content (AvgIpc) is 2.30. The normalized spacial score (nSPS) is 23.3. The van der Waals surface area contributed by atoms with Gasteiger partial charge in [0.05, 0.1) is 11.9 Å². The van der Waals surface area contributed by atoms with E-state index in [0.29, 0.717) is 25.1 Å². The second-order valence-corrected chi connectivity index (χ2v) is 7.35. The van der Waals surface area contributed by atoms with Gasteiger partial charge in [0.15, 0.2) is 0 Å². The summed E-state index contributed by atoms with van der Waals surface area (Å²) in [4.78, 5) is 0. The second-order valence-electron chi connectivity index (χ2n) is 5.27. The molecule has 1 aliphatic rings. The molecule has 1 aliphatic carbocycles. The molecule has 0 aromatic heterocycles. The molecule has 19 heavy (non-hydrogen) atoms. The van der Waals surface area contributed by atoms with E-state index in [-0.39, 0.29) is 17.8 Å². The zero-order valence-electron chi connectivity index (χ0n) is 11.0. The van der Waals surface area contributed by atoms with Gasteiger partial charge in [-0.15, -0.1) is 0 Å². The molecule has 106 valence electrons. The van der Waals surface area contributed by atoms with Crippen LogP contribution in [0, 0.1) is 5.92 Å². The van der Waals surface area contributed by atoms with Crippen molar-refractivity contribution in [2.45, 2.75) is 24.7 Å². The van der Waals surface area contributed by atoms with Crippen LogP contribution in [0.1, 0.15) is 18.4 Å². The zero-order chi connectivity index (χ0) is 14.0. The molecule has 6 heteroatoms. The Labute approximate surface area is 114 Å². The van der Waals surface area contributed by atoms with E-state index in [4.69, 9.17) is 5.73 Å². The van der Waals surface area contributed by atoms with Crippen molar-refractivity contribution in [3.8, 4) is 0 Å². The molecule has 0 radical (unpaired) electrons. The largest absolute Gasteiger partial charge is 0.399 e. The third-order valence-electron chi connectivity index (χ3n) is 3.53. The molecule has 2 rings (SSSR count). The van der Waals surface area contributed by atoms with Crippen LogP contribution in [0.2, 0.25) is 0 Å². The first kappa shape index (κ1) is 14.3. The van der Waals surface area contributed by atoms with E-state index < -0.39 is 10.0 Å². The first-order valence-corrected chi connectivity index (χ1v) is 7.94. The summed E-state index contributed by atoms with van der Waals surface area (Å²) >= 11 is 0. The number of anilines is 1. The van der Waals surface area contributed by atoms with Crippen LogP contribution < -0.4 is 5.73 Å². The molecule has 1 saturated carbocycles. The molecule has 1 aromatic rings. The van der Waals surface area contributed by atoms with Gasteiger partial charge in [-0.05, 0) is 36.5 Å². The van der Waals surface area contributed by atoms with E-state index in [1.54, 1.807) is 31.3 Å². The van der Waals surface area contributed by atoms with Crippen LogP contribution in [0.3, 0.4) is 0 Å². The van der Waals surface area contributed by atoms with Gasteiger partial charge in [0.2, 0.25) is 10.0 Å². The number of nitrogens with two attached hydrogens (primary N) is 1. The number of nitrogens with zero attached hydrogens (tertiary/aromatic N) is 1. The molecule has 1 aromatic carbocycles. The van der Waals surface area contributed by atoms with E-state index in [1.807, 2.05) is 0 Å². The van der Waals surface area contributed by atoms with Crippen molar-refractivity contribution in [2.75, 3.05) is 19.3 Å².